The quantitative estimate of drug-likeness (QED) is 0.121. The molecule has 2 aliphatic heterocycles. The van der Waals surface area contributed by atoms with Crippen LogP contribution in [0.3, 0.4) is 0 Å². The van der Waals surface area contributed by atoms with Gasteiger partial charge in [0.15, 0.2) is 0 Å². The van der Waals surface area contributed by atoms with Crippen molar-refractivity contribution in [2.45, 2.75) is 100 Å². The average Bonchev–Trinajstić information content (AvgIpc) is 3.79. The molecule has 2 saturated heterocycles. The van der Waals surface area contributed by atoms with E-state index in [2.05, 4.69) is 23.3 Å². The third-order valence-electron chi connectivity index (χ3n) is 10.2. The Labute approximate surface area is 317 Å². The van der Waals surface area contributed by atoms with E-state index in [0.717, 1.165) is 32.1 Å². The molecule has 0 spiro atoms. The summed E-state index contributed by atoms with van der Waals surface area (Å²) in [7, 11) is 0. The Morgan fingerprint density at radius 1 is 0.870 bits per heavy atom. The highest BCUT2D eigenvalue weighted by atomic mass is 32.1. The van der Waals surface area contributed by atoms with E-state index in [1.54, 1.807) is 4.90 Å². The maximum absolute atomic E-state index is 13.6. The molecule has 18 heteroatoms. The number of benzene rings is 2. The molecule has 1 saturated carbocycles. The van der Waals surface area contributed by atoms with Crippen LogP contribution in [0.2, 0.25) is 0 Å². The lowest BCUT2D eigenvalue weighted by Crippen LogP contribution is -2.49. The van der Waals surface area contributed by atoms with Crippen molar-refractivity contribution in [1.82, 2.24) is 20.4 Å². The monoisotopic (exact) mass is 770 g/mol. The van der Waals surface area contributed by atoms with Gasteiger partial charge >= 0.3 is 12.2 Å². The van der Waals surface area contributed by atoms with E-state index in [1.807, 2.05) is 0 Å². The SMILES string of the molecule is O=C(C[C@H](O)[C@H](CC1CCCCC1)NC(=O)OCc1ccc([N+](=O)[O-])cc1)N[C@H]1CCN(C(=O)[C@@H]2C[C@H](S)CN2C(=O)OCc2ccc([N+](=O)[O-])cc2)C1. The zero-order valence-electron chi connectivity index (χ0n) is 29.7. The number of aliphatic hydroxyl groups excluding tert-OH is 1. The average molecular weight is 771 g/mol. The summed E-state index contributed by atoms with van der Waals surface area (Å²) in [5.74, 6) is -0.471. The Bertz CT molecular complexity index is 1660. The van der Waals surface area contributed by atoms with Crippen LogP contribution in [0.1, 0.15) is 68.9 Å². The molecule has 292 valence electrons. The summed E-state index contributed by atoms with van der Waals surface area (Å²) in [5, 5.41) is 38.4. The molecule has 0 radical (unpaired) electrons. The van der Waals surface area contributed by atoms with Crippen LogP contribution in [-0.2, 0) is 32.3 Å². The number of aliphatic hydroxyl groups is 1. The van der Waals surface area contributed by atoms with E-state index in [4.69, 9.17) is 9.47 Å². The Balaban J connectivity index is 1.10. The summed E-state index contributed by atoms with van der Waals surface area (Å²) in [6.07, 6.45) is 3.39. The topological polar surface area (TPSA) is 224 Å². The summed E-state index contributed by atoms with van der Waals surface area (Å²) >= 11 is 4.50. The number of ether oxygens (including phenoxy) is 2. The molecule has 2 aromatic rings. The molecule has 5 rings (SSSR count). The van der Waals surface area contributed by atoms with Gasteiger partial charge in [-0.1, -0.05) is 32.1 Å². The number of hydrogen-bond donors (Lipinski definition) is 4. The lowest BCUT2D eigenvalue weighted by Gasteiger charge is -2.30. The van der Waals surface area contributed by atoms with Gasteiger partial charge in [-0.2, -0.15) is 12.6 Å². The first-order valence-corrected chi connectivity index (χ1v) is 18.7. The number of nitrogens with one attached hydrogen (secondary N) is 2. The number of nitrogens with zero attached hydrogens (tertiary/aromatic N) is 4. The molecule has 3 N–H and O–H groups in total. The Kier molecular flexibility index (Phi) is 14.1. The van der Waals surface area contributed by atoms with Crippen LogP contribution in [0.4, 0.5) is 21.0 Å². The molecule has 4 amide bonds. The minimum absolute atomic E-state index is 0.0850. The van der Waals surface area contributed by atoms with Gasteiger partial charge in [0.25, 0.3) is 11.4 Å². The van der Waals surface area contributed by atoms with Gasteiger partial charge in [-0.15, -0.1) is 0 Å². The van der Waals surface area contributed by atoms with Crippen LogP contribution < -0.4 is 10.6 Å². The lowest BCUT2D eigenvalue weighted by molar-refractivity contribution is -0.385. The van der Waals surface area contributed by atoms with Crippen molar-refractivity contribution in [3.05, 3.63) is 79.9 Å². The maximum Gasteiger partial charge on any atom is 0.410 e. The number of rotatable bonds is 14. The molecule has 3 fully saturated rings. The van der Waals surface area contributed by atoms with E-state index in [9.17, 15) is 44.5 Å². The van der Waals surface area contributed by atoms with Crippen molar-refractivity contribution in [1.29, 1.82) is 0 Å². The molecule has 0 aromatic heterocycles. The summed E-state index contributed by atoms with van der Waals surface area (Å²) in [6, 6.07) is 9.27. The first-order chi connectivity index (χ1) is 25.9. The van der Waals surface area contributed by atoms with Crippen molar-refractivity contribution in [2.75, 3.05) is 19.6 Å². The summed E-state index contributed by atoms with van der Waals surface area (Å²) in [5.41, 5.74) is 0.933. The molecule has 3 aliphatic rings. The van der Waals surface area contributed by atoms with E-state index in [0.29, 0.717) is 36.9 Å². The van der Waals surface area contributed by atoms with Gasteiger partial charge in [0, 0.05) is 55.2 Å². The van der Waals surface area contributed by atoms with Gasteiger partial charge in [-0.3, -0.25) is 34.7 Å². The van der Waals surface area contributed by atoms with Crippen molar-refractivity contribution in [3.63, 3.8) is 0 Å². The molecule has 0 bridgehead atoms. The molecule has 2 heterocycles. The zero-order chi connectivity index (χ0) is 38.8. The number of carbonyl (C=O) groups excluding carboxylic acids is 4. The summed E-state index contributed by atoms with van der Waals surface area (Å²) in [4.78, 5) is 76.3. The highest BCUT2D eigenvalue weighted by molar-refractivity contribution is 7.81. The number of nitro groups is 2. The van der Waals surface area contributed by atoms with E-state index >= 15 is 0 Å². The number of alkyl carbamates (subject to hydrolysis) is 1. The third-order valence-corrected chi connectivity index (χ3v) is 10.5. The largest absolute Gasteiger partial charge is 0.445 e. The lowest BCUT2D eigenvalue weighted by atomic mass is 9.83. The first-order valence-electron chi connectivity index (χ1n) is 18.1. The van der Waals surface area contributed by atoms with Crippen molar-refractivity contribution in [3.8, 4) is 0 Å². The number of amides is 4. The number of non-ortho nitro benzene ring substituents is 2. The Morgan fingerprint density at radius 3 is 2.06 bits per heavy atom. The van der Waals surface area contributed by atoms with Crippen LogP contribution in [0.25, 0.3) is 0 Å². The number of nitro benzene ring substituents is 2. The fourth-order valence-electron chi connectivity index (χ4n) is 7.25. The van der Waals surface area contributed by atoms with Crippen molar-refractivity contribution in [2.24, 2.45) is 5.92 Å². The number of thiol groups is 1. The summed E-state index contributed by atoms with van der Waals surface area (Å²) < 4.78 is 10.8. The van der Waals surface area contributed by atoms with Crippen molar-refractivity contribution < 1.29 is 43.6 Å². The van der Waals surface area contributed by atoms with Gasteiger partial charge in [0.2, 0.25) is 11.8 Å². The predicted octanol–water partition coefficient (Wildman–Crippen LogP) is 4.25. The molecule has 54 heavy (non-hydrogen) atoms. The molecule has 1 aliphatic carbocycles. The minimum atomic E-state index is -1.21. The summed E-state index contributed by atoms with van der Waals surface area (Å²) in [6.45, 7) is 0.488. The molecule has 17 nitrogen and oxygen atoms in total. The third kappa shape index (κ3) is 11.3. The fourth-order valence-corrected chi connectivity index (χ4v) is 7.62. The zero-order valence-corrected chi connectivity index (χ0v) is 30.6. The van der Waals surface area contributed by atoms with Crippen LogP contribution in [-0.4, -0.2) is 97.9 Å². The van der Waals surface area contributed by atoms with Crippen LogP contribution >= 0.6 is 12.6 Å². The van der Waals surface area contributed by atoms with Crippen LogP contribution in [0.5, 0.6) is 0 Å². The molecule has 5 atom stereocenters. The van der Waals surface area contributed by atoms with Crippen molar-refractivity contribution >= 4 is 48.0 Å². The van der Waals surface area contributed by atoms with E-state index in [-0.39, 0.29) is 67.2 Å². The van der Waals surface area contributed by atoms with Gasteiger partial charge in [0.1, 0.15) is 19.3 Å². The molecular weight excluding hydrogens is 724 g/mol. The highest BCUT2D eigenvalue weighted by Crippen LogP contribution is 2.29. The van der Waals surface area contributed by atoms with Gasteiger partial charge in [0.05, 0.1) is 28.4 Å². The second-order valence-corrected chi connectivity index (χ2v) is 14.9. The first kappa shape index (κ1) is 40.2. The molecule has 2 aromatic carbocycles. The molecule has 0 unspecified atom stereocenters. The van der Waals surface area contributed by atoms with Crippen LogP contribution in [0, 0.1) is 26.1 Å². The number of carbonyl (C=O) groups is 4. The van der Waals surface area contributed by atoms with E-state index < -0.39 is 46.1 Å². The van der Waals surface area contributed by atoms with Crippen LogP contribution in [0.15, 0.2) is 48.5 Å². The Hall–Kier alpha value is -4.97. The second-order valence-electron chi connectivity index (χ2n) is 14.1. The predicted molar refractivity (Wildman–Crippen MR) is 196 cm³/mol. The van der Waals surface area contributed by atoms with E-state index in [1.165, 1.54) is 53.4 Å². The highest BCUT2D eigenvalue weighted by Gasteiger charge is 2.43. The van der Waals surface area contributed by atoms with Gasteiger partial charge in [-0.05, 0) is 60.6 Å². The second kappa shape index (κ2) is 18.9. The minimum Gasteiger partial charge on any atom is -0.445 e. The number of likely N-dealkylation sites (tertiary alicyclic amines) is 2. The number of hydrogen-bond acceptors (Lipinski definition) is 12. The fraction of sp³-hybridized carbons (Fsp3) is 0.556. The van der Waals surface area contributed by atoms with Gasteiger partial charge < -0.3 is 30.1 Å². The standard InChI is InChI=1S/C36H46N6O11S/c43-32(30(16-23-4-2-1-3-5-23)38-35(46)52-21-24-6-10-27(11-7-24)41(48)49)18-33(44)37-26-14-15-39(19-26)34(45)31-17-29(54)20-40(31)36(47)53-22-25-8-12-28(13-9-25)42(50)51/h6-13,23,26,29-32,43,54H,1-5,14-22H2,(H,37,44)(H,38,46)/t26-,29-,30-,31-,32-/m0/s1. The normalized spacial score (nSPS) is 21.2. The molecular formula is C36H46N6O11S. The maximum atomic E-state index is 13.6. The van der Waals surface area contributed by atoms with Gasteiger partial charge in [-0.25, -0.2) is 9.59 Å². The smallest absolute Gasteiger partial charge is 0.410 e. The Morgan fingerprint density at radius 2 is 1.46 bits per heavy atom.